The minimum atomic E-state index is -3.73. The maximum Gasteiger partial charge on any atom is 0.322 e. The molecule has 0 fully saturated rings. The number of rotatable bonds is 5. The van der Waals surface area contributed by atoms with Gasteiger partial charge in [-0.25, -0.2) is 8.42 Å². The zero-order valence-electron chi connectivity index (χ0n) is 10.6. The molecule has 1 atom stereocenters. The average molecular weight is 271 g/mol. The quantitative estimate of drug-likeness (QED) is 0.875. The van der Waals surface area contributed by atoms with Gasteiger partial charge in [-0.05, 0) is 24.0 Å². The van der Waals surface area contributed by atoms with Gasteiger partial charge in [-0.2, -0.15) is 0 Å². The fourth-order valence-corrected chi connectivity index (χ4v) is 3.81. The second-order valence-corrected chi connectivity index (χ2v) is 6.80. The first kappa shape index (κ1) is 14.6. The Balaban J connectivity index is 3.04. The van der Waals surface area contributed by atoms with Gasteiger partial charge < -0.3 is 5.11 Å². The smallest absolute Gasteiger partial charge is 0.322 e. The molecule has 5 nitrogen and oxygen atoms in total. The Bertz CT molecular complexity index is 537. The summed E-state index contributed by atoms with van der Waals surface area (Å²) in [5.74, 6) is -2.06. The molecule has 0 spiro atoms. The lowest BCUT2D eigenvalue weighted by Crippen LogP contribution is -2.35. The van der Waals surface area contributed by atoms with Gasteiger partial charge in [0.1, 0.15) is 0 Å². The molecule has 0 amide bonds. The first-order valence-electron chi connectivity index (χ1n) is 5.59. The number of hydrogen-bond donors (Lipinski definition) is 1. The van der Waals surface area contributed by atoms with Gasteiger partial charge in [-0.1, -0.05) is 19.9 Å². The molecule has 1 heterocycles. The number of nitrogens with zero attached hydrogens (tertiary/aromatic N) is 1. The Hall–Kier alpha value is -1.43. The van der Waals surface area contributed by atoms with Crippen LogP contribution in [0.3, 0.4) is 0 Å². The van der Waals surface area contributed by atoms with Crippen LogP contribution in [0.1, 0.15) is 25.0 Å². The van der Waals surface area contributed by atoms with Crippen molar-refractivity contribution in [3.8, 4) is 0 Å². The number of pyridine rings is 1. The lowest BCUT2D eigenvalue weighted by atomic mass is 10.1. The van der Waals surface area contributed by atoms with Crippen LogP contribution in [-0.2, 0) is 20.4 Å². The lowest BCUT2D eigenvalue weighted by molar-refractivity contribution is -0.137. The number of aliphatic carboxylic acids is 1. The van der Waals surface area contributed by atoms with Crippen LogP contribution in [-0.4, -0.2) is 29.7 Å². The Morgan fingerprint density at radius 3 is 2.44 bits per heavy atom. The van der Waals surface area contributed by atoms with Crippen molar-refractivity contribution in [1.29, 1.82) is 0 Å². The van der Waals surface area contributed by atoms with Crippen LogP contribution in [0.2, 0.25) is 0 Å². The van der Waals surface area contributed by atoms with Gasteiger partial charge in [0.25, 0.3) is 0 Å². The van der Waals surface area contributed by atoms with Gasteiger partial charge in [-0.3, -0.25) is 9.78 Å². The highest BCUT2D eigenvalue weighted by Gasteiger charge is 2.35. The van der Waals surface area contributed by atoms with Gasteiger partial charge in [0.2, 0.25) is 0 Å². The molecule has 0 saturated heterocycles. The number of carboxylic acids is 1. The van der Waals surface area contributed by atoms with E-state index in [4.69, 9.17) is 5.11 Å². The fraction of sp³-hybridized carbons (Fsp3) is 0.500. The first-order valence-corrected chi connectivity index (χ1v) is 7.30. The SMILES string of the molecule is Cc1cncc(CS(=O)(=O)C(C(=O)O)C(C)C)c1. The molecule has 0 bridgehead atoms. The van der Waals surface area contributed by atoms with Crippen LogP contribution in [0.5, 0.6) is 0 Å². The molecule has 6 heteroatoms. The van der Waals surface area contributed by atoms with Crippen LogP contribution in [0.4, 0.5) is 0 Å². The van der Waals surface area contributed by atoms with Gasteiger partial charge in [0, 0.05) is 12.4 Å². The summed E-state index contributed by atoms with van der Waals surface area (Å²) in [5, 5.41) is 7.64. The number of carboxylic acid groups (broad SMARTS) is 1. The van der Waals surface area contributed by atoms with E-state index < -0.39 is 27.0 Å². The van der Waals surface area contributed by atoms with E-state index in [0.717, 1.165) is 5.56 Å². The van der Waals surface area contributed by atoms with E-state index in [1.807, 2.05) is 0 Å². The van der Waals surface area contributed by atoms with E-state index in [1.54, 1.807) is 33.0 Å². The van der Waals surface area contributed by atoms with Crippen LogP contribution in [0.15, 0.2) is 18.5 Å². The summed E-state index contributed by atoms with van der Waals surface area (Å²) in [6.07, 6.45) is 3.07. The van der Waals surface area contributed by atoms with E-state index >= 15 is 0 Å². The van der Waals surface area contributed by atoms with E-state index in [1.165, 1.54) is 6.20 Å². The van der Waals surface area contributed by atoms with Crippen molar-refractivity contribution in [1.82, 2.24) is 4.98 Å². The number of sulfone groups is 1. The van der Waals surface area contributed by atoms with Gasteiger partial charge in [0.05, 0.1) is 5.75 Å². The number of aromatic nitrogens is 1. The number of aryl methyl sites for hydroxylation is 1. The molecule has 0 aromatic carbocycles. The normalized spacial score (nSPS) is 13.6. The molecule has 0 aliphatic rings. The zero-order valence-corrected chi connectivity index (χ0v) is 11.4. The highest BCUT2D eigenvalue weighted by Crippen LogP contribution is 2.18. The van der Waals surface area contributed by atoms with Crippen LogP contribution in [0.25, 0.3) is 0 Å². The fourth-order valence-electron chi connectivity index (χ4n) is 1.87. The Kier molecular flexibility index (Phi) is 4.45. The summed E-state index contributed by atoms with van der Waals surface area (Å²) >= 11 is 0. The molecule has 1 rings (SSSR count). The summed E-state index contributed by atoms with van der Waals surface area (Å²) in [6, 6.07) is 1.70. The van der Waals surface area contributed by atoms with E-state index in [0.29, 0.717) is 5.56 Å². The standard InChI is InChI=1S/C12H17NO4S/c1-8(2)11(12(14)15)18(16,17)7-10-4-9(3)5-13-6-10/h4-6,8,11H,7H2,1-3H3,(H,14,15). The monoisotopic (exact) mass is 271 g/mol. The zero-order chi connectivity index (χ0) is 13.9. The van der Waals surface area contributed by atoms with E-state index in [9.17, 15) is 13.2 Å². The topological polar surface area (TPSA) is 84.3 Å². The molecule has 0 aliphatic heterocycles. The van der Waals surface area contributed by atoms with Gasteiger partial charge in [-0.15, -0.1) is 0 Å². The summed E-state index contributed by atoms with van der Waals surface area (Å²) in [6.45, 7) is 4.98. The average Bonchev–Trinajstić information content (AvgIpc) is 2.13. The van der Waals surface area contributed by atoms with Crippen molar-refractivity contribution in [3.63, 3.8) is 0 Å². The molecule has 1 unspecified atom stereocenters. The molecule has 100 valence electrons. The Morgan fingerprint density at radius 1 is 1.39 bits per heavy atom. The molecular weight excluding hydrogens is 254 g/mol. The molecule has 1 aromatic rings. The highest BCUT2D eigenvalue weighted by atomic mass is 32.2. The Morgan fingerprint density at radius 2 is 2.00 bits per heavy atom. The summed E-state index contributed by atoms with van der Waals surface area (Å²) in [4.78, 5) is 15.0. The molecule has 0 radical (unpaired) electrons. The van der Waals surface area contributed by atoms with Crippen molar-refractivity contribution >= 4 is 15.8 Å². The van der Waals surface area contributed by atoms with Gasteiger partial charge >= 0.3 is 5.97 Å². The molecule has 1 aromatic heterocycles. The molecule has 18 heavy (non-hydrogen) atoms. The first-order chi connectivity index (χ1) is 8.24. The summed E-state index contributed by atoms with van der Waals surface area (Å²) in [7, 11) is -3.73. The Labute approximate surface area is 107 Å². The maximum atomic E-state index is 12.1. The van der Waals surface area contributed by atoms with Crippen molar-refractivity contribution in [3.05, 3.63) is 29.6 Å². The molecule has 0 saturated carbocycles. The molecule has 0 aliphatic carbocycles. The predicted octanol–water partition coefficient (Wildman–Crippen LogP) is 1.41. The molecule has 1 N–H and O–H groups in total. The third-order valence-corrected chi connectivity index (χ3v) is 4.79. The van der Waals surface area contributed by atoms with Crippen LogP contribution < -0.4 is 0 Å². The highest BCUT2D eigenvalue weighted by molar-refractivity contribution is 7.92. The van der Waals surface area contributed by atoms with E-state index in [-0.39, 0.29) is 5.75 Å². The summed E-state index contributed by atoms with van der Waals surface area (Å²) < 4.78 is 24.2. The maximum absolute atomic E-state index is 12.1. The second-order valence-electron chi connectivity index (χ2n) is 4.68. The predicted molar refractivity (Wildman–Crippen MR) is 67.9 cm³/mol. The third kappa shape index (κ3) is 3.53. The van der Waals surface area contributed by atoms with Crippen molar-refractivity contribution in [2.24, 2.45) is 5.92 Å². The van der Waals surface area contributed by atoms with Crippen molar-refractivity contribution in [2.75, 3.05) is 0 Å². The molecular formula is C12H17NO4S. The summed E-state index contributed by atoms with van der Waals surface area (Å²) in [5.41, 5.74) is 1.36. The van der Waals surface area contributed by atoms with E-state index in [2.05, 4.69) is 4.98 Å². The minimum absolute atomic E-state index is 0.295. The number of carbonyl (C=O) groups is 1. The largest absolute Gasteiger partial charge is 0.480 e. The van der Waals surface area contributed by atoms with Gasteiger partial charge in [0.15, 0.2) is 15.1 Å². The van der Waals surface area contributed by atoms with Crippen LogP contribution >= 0.6 is 0 Å². The van der Waals surface area contributed by atoms with Crippen LogP contribution in [0, 0.1) is 12.8 Å². The van der Waals surface area contributed by atoms with Crippen molar-refractivity contribution < 1.29 is 18.3 Å². The lowest BCUT2D eigenvalue weighted by Gasteiger charge is -2.16. The minimum Gasteiger partial charge on any atom is -0.480 e. The number of hydrogen-bond acceptors (Lipinski definition) is 4. The third-order valence-electron chi connectivity index (χ3n) is 2.54. The second kappa shape index (κ2) is 5.48. The van der Waals surface area contributed by atoms with Crippen molar-refractivity contribution in [2.45, 2.75) is 31.8 Å².